The summed E-state index contributed by atoms with van der Waals surface area (Å²) >= 11 is 0. The lowest BCUT2D eigenvalue weighted by Gasteiger charge is -2.13. The number of rotatable bonds is 6. The Hall–Kier alpha value is -3.15. The van der Waals surface area contributed by atoms with E-state index in [0.29, 0.717) is 5.56 Å². The molecule has 2 rings (SSSR count). The summed E-state index contributed by atoms with van der Waals surface area (Å²) in [4.78, 5) is 23.2. The van der Waals surface area contributed by atoms with E-state index in [0.717, 1.165) is 28.0 Å². The van der Waals surface area contributed by atoms with Gasteiger partial charge in [0.2, 0.25) is 0 Å². The first-order chi connectivity index (χ1) is 12.4. The minimum absolute atomic E-state index is 0.121. The standard InChI is InChI=1S/C20H22N2O4/c1-13-5-6-14(2)19(15(13)3)26-12-18(23)22-21-11-16-7-9-17(10-8-16)20(24)25-4/h5-11H,12H2,1-4H3,(H,22,23)/b21-11+. The van der Waals surface area contributed by atoms with Gasteiger partial charge in [-0.2, -0.15) is 5.10 Å². The highest BCUT2D eigenvalue weighted by Crippen LogP contribution is 2.25. The lowest BCUT2D eigenvalue weighted by molar-refractivity contribution is -0.123. The number of hydrogen-bond donors (Lipinski definition) is 1. The molecule has 0 radical (unpaired) electrons. The predicted octanol–water partition coefficient (Wildman–Crippen LogP) is 2.93. The Balaban J connectivity index is 1.88. The summed E-state index contributed by atoms with van der Waals surface area (Å²) in [6, 6.07) is 10.7. The molecule has 6 nitrogen and oxygen atoms in total. The molecule has 1 N–H and O–H groups in total. The minimum Gasteiger partial charge on any atom is -0.483 e. The molecule has 26 heavy (non-hydrogen) atoms. The average Bonchev–Trinajstić information content (AvgIpc) is 2.64. The van der Waals surface area contributed by atoms with Crippen LogP contribution in [0.5, 0.6) is 5.75 Å². The Morgan fingerprint density at radius 1 is 1.04 bits per heavy atom. The fourth-order valence-electron chi connectivity index (χ4n) is 2.32. The van der Waals surface area contributed by atoms with Crippen LogP contribution in [0.3, 0.4) is 0 Å². The van der Waals surface area contributed by atoms with Crippen LogP contribution in [0, 0.1) is 20.8 Å². The number of carbonyl (C=O) groups excluding carboxylic acids is 2. The maximum absolute atomic E-state index is 11.9. The van der Waals surface area contributed by atoms with Crippen LogP contribution in [0.2, 0.25) is 0 Å². The summed E-state index contributed by atoms with van der Waals surface area (Å²) in [5.41, 5.74) is 6.72. The summed E-state index contributed by atoms with van der Waals surface area (Å²) < 4.78 is 10.3. The number of ether oxygens (including phenoxy) is 2. The second-order valence-corrected chi connectivity index (χ2v) is 5.85. The SMILES string of the molecule is COC(=O)c1ccc(/C=N/NC(=O)COc2c(C)ccc(C)c2C)cc1. The van der Waals surface area contributed by atoms with E-state index >= 15 is 0 Å². The van der Waals surface area contributed by atoms with Gasteiger partial charge >= 0.3 is 5.97 Å². The van der Waals surface area contributed by atoms with E-state index < -0.39 is 5.97 Å². The molecule has 1 amide bonds. The number of hydrazone groups is 1. The zero-order chi connectivity index (χ0) is 19.1. The number of esters is 1. The largest absolute Gasteiger partial charge is 0.483 e. The van der Waals surface area contributed by atoms with Crippen molar-refractivity contribution in [3.63, 3.8) is 0 Å². The van der Waals surface area contributed by atoms with E-state index in [9.17, 15) is 9.59 Å². The highest BCUT2D eigenvalue weighted by atomic mass is 16.5. The van der Waals surface area contributed by atoms with Crippen LogP contribution in [0.1, 0.15) is 32.6 Å². The van der Waals surface area contributed by atoms with Gasteiger partial charge in [-0.05, 0) is 55.2 Å². The van der Waals surface area contributed by atoms with Gasteiger partial charge in [0.1, 0.15) is 5.75 Å². The van der Waals surface area contributed by atoms with Gasteiger partial charge in [-0.15, -0.1) is 0 Å². The van der Waals surface area contributed by atoms with Crippen molar-refractivity contribution in [2.45, 2.75) is 20.8 Å². The van der Waals surface area contributed by atoms with Gasteiger partial charge in [-0.25, -0.2) is 10.2 Å². The summed E-state index contributed by atoms with van der Waals surface area (Å²) in [6.07, 6.45) is 1.49. The molecule has 0 bridgehead atoms. The quantitative estimate of drug-likeness (QED) is 0.492. The monoisotopic (exact) mass is 354 g/mol. The van der Waals surface area contributed by atoms with E-state index in [4.69, 9.17) is 4.74 Å². The van der Waals surface area contributed by atoms with Gasteiger partial charge in [0.25, 0.3) is 5.91 Å². The van der Waals surface area contributed by atoms with Gasteiger partial charge in [0, 0.05) is 0 Å². The second-order valence-electron chi connectivity index (χ2n) is 5.85. The van der Waals surface area contributed by atoms with E-state index in [1.807, 2.05) is 32.9 Å². The number of benzene rings is 2. The fourth-order valence-corrected chi connectivity index (χ4v) is 2.32. The summed E-state index contributed by atoms with van der Waals surface area (Å²) in [5.74, 6) is -0.0315. The molecule has 136 valence electrons. The van der Waals surface area contributed by atoms with Crippen LogP contribution in [0.15, 0.2) is 41.5 Å². The molecule has 0 atom stereocenters. The zero-order valence-electron chi connectivity index (χ0n) is 15.3. The number of amides is 1. The molecule has 0 saturated carbocycles. The van der Waals surface area contributed by atoms with Crippen molar-refractivity contribution in [3.05, 3.63) is 64.2 Å². The third-order valence-electron chi connectivity index (χ3n) is 3.96. The van der Waals surface area contributed by atoms with E-state index in [1.54, 1.807) is 24.3 Å². The van der Waals surface area contributed by atoms with Crippen LogP contribution in [0.25, 0.3) is 0 Å². The Morgan fingerprint density at radius 2 is 1.69 bits per heavy atom. The molecule has 0 aliphatic heterocycles. The highest BCUT2D eigenvalue weighted by molar-refractivity contribution is 5.90. The van der Waals surface area contributed by atoms with Crippen LogP contribution in [-0.2, 0) is 9.53 Å². The molecule has 2 aromatic rings. The second kappa shape index (κ2) is 8.80. The van der Waals surface area contributed by atoms with Crippen molar-refractivity contribution in [2.24, 2.45) is 5.10 Å². The van der Waals surface area contributed by atoms with Crippen molar-refractivity contribution in [1.82, 2.24) is 5.43 Å². The maximum atomic E-state index is 11.9. The number of methoxy groups -OCH3 is 1. The molecule has 0 aromatic heterocycles. The van der Waals surface area contributed by atoms with Crippen LogP contribution >= 0.6 is 0 Å². The average molecular weight is 354 g/mol. The lowest BCUT2D eigenvalue weighted by atomic mass is 10.1. The molecule has 0 fully saturated rings. The first-order valence-corrected chi connectivity index (χ1v) is 8.12. The van der Waals surface area contributed by atoms with Gasteiger partial charge in [-0.3, -0.25) is 4.79 Å². The fraction of sp³-hybridized carbons (Fsp3) is 0.250. The number of carbonyl (C=O) groups is 2. The molecule has 2 aromatic carbocycles. The molecular weight excluding hydrogens is 332 g/mol. The Bertz CT molecular complexity index is 826. The van der Waals surface area contributed by atoms with Crippen LogP contribution < -0.4 is 10.2 Å². The van der Waals surface area contributed by atoms with Crippen molar-refractivity contribution < 1.29 is 19.1 Å². The highest BCUT2D eigenvalue weighted by Gasteiger charge is 2.09. The Labute approximate surface area is 152 Å². The number of nitrogens with one attached hydrogen (secondary N) is 1. The molecule has 0 heterocycles. The molecule has 0 aliphatic rings. The molecule has 6 heteroatoms. The summed E-state index contributed by atoms with van der Waals surface area (Å²) in [7, 11) is 1.33. The van der Waals surface area contributed by atoms with Crippen LogP contribution in [-0.4, -0.2) is 31.8 Å². The summed E-state index contributed by atoms with van der Waals surface area (Å²) in [5, 5.41) is 3.89. The van der Waals surface area contributed by atoms with Gasteiger partial charge < -0.3 is 9.47 Å². The molecule has 0 spiro atoms. The lowest BCUT2D eigenvalue weighted by Crippen LogP contribution is -2.25. The topological polar surface area (TPSA) is 77.0 Å². The van der Waals surface area contributed by atoms with Gasteiger partial charge in [-0.1, -0.05) is 24.3 Å². The predicted molar refractivity (Wildman–Crippen MR) is 99.7 cm³/mol. The Morgan fingerprint density at radius 3 is 2.35 bits per heavy atom. The molecule has 0 unspecified atom stereocenters. The smallest absolute Gasteiger partial charge is 0.337 e. The number of hydrogen-bond acceptors (Lipinski definition) is 5. The van der Waals surface area contributed by atoms with Crippen LogP contribution in [0.4, 0.5) is 0 Å². The van der Waals surface area contributed by atoms with E-state index in [-0.39, 0.29) is 12.5 Å². The number of aryl methyl sites for hydroxylation is 2. The molecular formula is C20H22N2O4. The van der Waals surface area contributed by atoms with Crippen molar-refractivity contribution in [1.29, 1.82) is 0 Å². The van der Waals surface area contributed by atoms with Crippen molar-refractivity contribution >= 4 is 18.1 Å². The number of nitrogens with zero attached hydrogens (tertiary/aromatic N) is 1. The van der Waals surface area contributed by atoms with E-state index in [2.05, 4.69) is 15.3 Å². The summed E-state index contributed by atoms with van der Waals surface area (Å²) in [6.45, 7) is 5.78. The van der Waals surface area contributed by atoms with Gasteiger partial charge in [0.15, 0.2) is 6.61 Å². The minimum atomic E-state index is -0.402. The van der Waals surface area contributed by atoms with Gasteiger partial charge in [0.05, 0.1) is 18.9 Å². The third kappa shape index (κ3) is 4.92. The maximum Gasteiger partial charge on any atom is 0.337 e. The molecule has 0 aliphatic carbocycles. The Kier molecular flexibility index (Phi) is 6.49. The van der Waals surface area contributed by atoms with E-state index in [1.165, 1.54) is 13.3 Å². The first-order valence-electron chi connectivity index (χ1n) is 8.12. The normalized spacial score (nSPS) is 10.6. The molecule has 0 saturated heterocycles. The van der Waals surface area contributed by atoms with Crippen molar-refractivity contribution in [2.75, 3.05) is 13.7 Å². The zero-order valence-corrected chi connectivity index (χ0v) is 15.3. The first kappa shape index (κ1) is 19.2. The third-order valence-corrected chi connectivity index (χ3v) is 3.96. The van der Waals surface area contributed by atoms with Crippen molar-refractivity contribution in [3.8, 4) is 5.75 Å².